The van der Waals surface area contributed by atoms with E-state index in [9.17, 15) is 4.79 Å². The molecule has 0 spiro atoms. The molecule has 1 heterocycles. The van der Waals surface area contributed by atoms with Crippen molar-refractivity contribution in [2.45, 2.75) is 6.61 Å². The molecule has 0 unspecified atom stereocenters. The molecule has 5 nitrogen and oxygen atoms in total. The standard InChI is InChI=1S/C12H13N3O2/c1-15-11(13)7-10(14-15)12(16)17-8-9-5-3-2-4-6-9/h2-7H,8,13H2,1H3. The Morgan fingerprint density at radius 3 is 2.71 bits per heavy atom. The molecule has 0 aliphatic heterocycles. The summed E-state index contributed by atoms with van der Waals surface area (Å²) in [6.45, 7) is 0.232. The van der Waals surface area contributed by atoms with Gasteiger partial charge in [-0.2, -0.15) is 5.10 Å². The fraction of sp³-hybridized carbons (Fsp3) is 0.167. The van der Waals surface area contributed by atoms with E-state index in [4.69, 9.17) is 10.5 Å². The van der Waals surface area contributed by atoms with Gasteiger partial charge in [-0.05, 0) is 5.56 Å². The lowest BCUT2D eigenvalue weighted by molar-refractivity contribution is 0.0465. The summed E-state index contributed by atoms with van der Waals surface area (Å²) in [6.07, 6.45) is 0. The quantitative estimate of drug-likeness (QED) is 0.810. The monoisotopic (exact) mass is 231 g/mol. The summed E-state index contributed by atoms with van der Waals surface area (Å²) in [4.78, 5) is 11.6. The Kier molecular flexibility index (Phi) is 3.09. The average molecular weight is 231 g/mol. The van der Waals surface area contributed by atoms with Crippen molar-refractivity contribution in [2.75, 3.05) is 5.73 Å². The first-order valence-corrected chi connectivity index (χ1v) is 5.17. The van der Waals surface area contributed by atoms with Crippen LogP contribution in [-0.4, -0.2) is 15.7 Å². The minimum absolute atomic E-state index is 0.223. The summed E-state index contributed by atoms with van der Waals surface area (Å²) in [6, 6.07) is 11.0. The van der Waals surface area contributed by atoms with E-state index in [1.807, 2.05) is 30.3 Å². The van der Waals surface area contributed by atoms with Gasteiger partial charge in [0.1, 0.15) is 12.4 Å². The van der Waals surface area contributed by atoms with Gasteiger partial charge in [0, 0.05) is 13.1 Å². The summed E-state index contributed by atoms with van der Waals surface area (Å²) in [5, 5.41) is 3.94. The highest BCUT2D eigenvalue weighted by Gasteiger charge is 2.12. The number of nitrogens with two attached hydrogens (primary N) is 1. The number of rotatable bonds is 3. The number of esters is 1. The summed E-state index contributed by atoms with van der Waals surface area (Å²) >= 11 is 0. The number of aryl methyl sites for hydroxylation is 1. The van der Waals surface area contributed by atoms with Crippen LogP contribution in [0.15, 0.2) is 36.4 Å². The molecule has 5 heteroatoms. The maximum absolute atomic E-state index is 11.6. The maximum Gasteiger partial charge on any atom is 0.359 e. The number of benzene rings is 1. The van der Waals surface area contributed by atoms with Gasteiger partial charge in [0.15, 0.2) is 5.69 Å². The number of aromatic nitrogens is 2. The maximum atomic E-state index is 11.6. The van der Waals surface area contributed by atoms with Gasteiger partial charge in [0.05, 0.1) is 0 Å². The number of nitrogen functional groups attached to an aromatic ring is 1. The smallest absolute Gasteiger partial charge is 0.359 e. The number of carbonyl (C=O) groups is 1. The fourth-order valence-corrected chi connectivity index (χ4v) is 1.38. The first kappa shape index (κ1) is 11.2. The second kappa shape index (κ2) is 4.69. The molecule has 17 heavy (non-hydrogen) atoms. The van der Waals surface area contributed by atoms with Crippen molar-refractivity contribution in [1.29, 1.82) is 0 Å². The van der Waals surface area contributed by atoms with E-state index < -0.39 is 5.97 Å². The number of carbonyl (C=O) groups excluding carboxylic acids is 1. The molecule has 2 N–H and O–H groups in total. The Balaban J connectivity index is 1.98. The van der Waals surface area contributed by atoms with Crippen molar-refractivity contribution in [1.82, 2.24) is 9.78 Å². The molecule has 0 amide bonds. The van der Waals surface area contributed by atoms with E-state index in [2.05, 4.69) is 5.10 Å². The minimum Gasteiger partial charge on any atom is -0.456 e. The van der Waals surface area contributed by atoms with Gasteiger partial charge >= 0.3 is 5.97 Å². The normalized spacial score (nSPS) is 10.2. The van der Waals surface area contributed by atoms with E-state index in [1.54, 1.807) is 7.05 Å². The number of hydrogen-bond donors (Lipinski definition) is 1. The molecule has 0 aliphatic rings. The van der Waals surface area contributed by atoms with Crippen molar-refractivity contribution in [3.05, 3.63) is 47.7 Å². The van der Waals surface area contributed by atoms with Crippen molar-refractivity contribution in [3.8, 4) is 0 Å². The summed E-state index contributed by atoms with van der Waals surface area (Å²) in [5.41, 5.74) is 6.74. The van der Waals surface area contributed by atoms with Gasteiger partial charge < -0.3 is 10.5 Å². The van der Waals surface area contributed by atoms with Gasteiger partial charge in [-0.25, -0.2) is 4.79 Å². The highest BCUT2D eigenvalue weighted by molar-refractivity contribution is 5.88. The summed E-state index contributed by atoms with van der Waals surface area (Å²) in [7, 11) is 1.67. The van der Waals surface area contributed by atoms with Gasteiger partial charge in [-0.15, -0.1) is 0 Å². The predicted molar refractivity (Wildman–Crippen MR) is 63.2 cm³/mol. The Labute approximate surface area is 98.8 Å². The largest absolute Gasteiger partial charge is 0.456 e. The van der Waals surface area contributed by atoms with E-state index in [0.717, 1.165) is 5.56 Å². The van der Waals surface area contributed by atoms with E-state index in [-0.39, 0.29) is 12.3 Å². The Morgan fingerprint density at radius 1 is 1.41 bits per heavy atom. The molecule has 0 fully saturated rings. The van der Waals surface area contributed by atoms with Crippen LogP contribution in [0.25, 0.3) is 0 Å². The van der Waals surface area contributed by atoms with Gasteiger partial charge in [-0.3, -0.25) is 4.68 Å². The molecular weight excluding hydrogens is 218 g/mol. The van der Waals surface area contributed by atoms with Crippen LogP contribution in [-0.2, 0) is 18.4 Å². The lowest BCUT2D eigenvalue weighted by Crippen LogP contribution is -2.06. The van der Waals surface area contributed by atoms with E-state index >= 15 is 0 Å². The van der Waals surface area contributed by atoms with Crippen LogP contribution in [0.1, 0.15) is 16.1 Å². The van der Waals surface area contributed by atoms with Crippen LogP contribution in [0.3, 0.4) is 0 Å². The zero-order valence-electron chi connectivity index (χ0n) is 9.46. The lowest BCUT2D eigenvalue weighted by Gasteiger charge is -2.02. The van der Waals surface area contributed by atoms with Crippen LogP contribution in [0.2, 0.25) is 0 Å². The Morgan fingerprint density at radius 2 is 2.12 bits per heavy atom. The fourth-order valence-electron chi connectivity index (χ4n) is 1.38. The highest BCUT2D eigenvalue weighted by atomic mass is 16.5. The number of hydrogen-bond acceptors (Lipinski definition) is 4. The van der Waals surface area contributed by atoms with Crippen LogP contribution >= 0.6 is 0 Å². The molecular formula is C12H13N3O2. The van der Waals surface area contributed by atoms with Crippen LogP contribution in [0.4, 0.5) is 5.82 Å². The summed E-state index contributed by atoms with van der Waals surface area (Å²) in [5.74, 6) is -0.0437. The number of ether oxygens (including phenoxy) is 1. The number of nitrogens with zero attached hydrogens (tertiary/aromatic N) is 2. The topological polar surface area (TPSA) is 70.1 Å². The molecule has 0 bridgehead atoms. The minimum atomic E-state index is -0.471. The second-order valence-electron chi connectivity index (χ2n) is 3.64. The van der Waals surface area contributed by atoms with Gasteiger partial charge in [-0.1, -0.05) is 30.3 Å². The average Bonchev–Trinajstić information content (AvgIpc) is 2.68. The Bertz CT molecular complexity index is 500. The van der Waals surface area contributed by atoms with E-state index in [1.165, 1.54) is 10.7 Å². The first-order chi connectivity index (χ1) is 8.16. The van der Waals surface area contributed by atoms with Crippen LogP contribution in [0, 0.1) is 0 Å². The third-order valence-corrected chi connectivity index (χ3v) is 2.34. The molecule has 0 saturated heterocycles. The molecule has 0 saturated carbocycles. The third kappa shape index (κ3) is 2.63. The van der Waals surface area contributed by atoms with Crippen molar-refractivity contribution < 1.29 is 9.53 Å². The predicted octanol–water partition coefficient (Wildman–Crippen LogP) is 1.36. The van der Waals surface area contributed by atoms with Crippen LogP contribution < -0.4 is 5.73 Å². The van der Waals surface area contributed by atoms with Gasteiger partial charge in [0.25, 0.3) is 0 Å². The number of anilines is 1. The zero-order chi connectivity index (χ0) is 12.3. The summed E-state index contributed by atoms with van der Waals surface area (Å²) < 4.78 is 6.54. The van der Waals surface area contributed by atoms with Crippen molar-refractivity contribution in [2.24, 2.45) is 7.05 Å². The highest BCUT2D eigenvalue weighted by Crippen LogP contribution is 2.08. The molecule has 1 aromatic carbocycles. The SMILES string of the molecule is Cn1nc(C(=O)OCc2ccccc2)cc1N. The molecule has 0 radical (unpaired) electrons. The Hall–Kier alpha value is -2.30. The van der Waals surface area contributed by atoms with Crippen molar-refractivity contribution >= 4 is 11.8 Å². The second-order valence-corrected chi connectivity index (χ2v) is 3.64. The van der Waals surface area contributed by atoms with Gasteiger partial charge in [0.2, 0.25) is 0 Å². The molecule has 0 atom stereocenters. The van der Waals surface area contributed by atoms with E-state index in [0.29, 0.717) is 5.82 Å². The molecule has 0 aliphatic carbocycles. The third-order valence-electron chi connectivity index (χ3n) is 2.34. The molecule has 2 aromatic rings. The lowest BCUT2D eigenvalue weighted by atomic mass is 10.2. The van der Waals surface area contributed by atoms with Crippen molar-refractivity contribution in [3.63, 3.8) is 0 Å². The van der Waals surface area contributed by atoms with Crippen LogP contribution in [0.5, 0.6) is 0 Å². The molecule has 1 aromatic heterocycles. The first-order valence-electron chi connectivity index (χ1n) is 5.17. The molecule has 88 valence electrons. The zero-order valence-corrected chi connectivity index (χ0v) is 9.46. The molecule has 2 rings (SSSR count).